The zero-order valence-electron chi connectivity index (χ0n) is 16.3. The highest BCUT2D eigenvalue weighted by Crippen LogP contribution is 2.36. The van der Waals surface area contributed by atoms with Crippen molar-refractivity contribution in [1.29, 1.82) is 0 Å². The van der Waals surface area contributed by atoms with E-state index in [2.05, 4.69) is 53.8 Å². The molecule has 0 saturated carbocycles. The molecule has 2 heterocycles. The van der Waals surface area contributed by atoms with E-state index in [0.29, 0.717) is 0 Å². The lowest BCUT2D eigenvalue weighted by Crippen LogP contribution is -2.25. The van der Waals surface area contributed by atoms with Crippen molar-refractivity contribution >= 4 is 21.7 Å². The van der Waals surface area contributed by atoms with E-state index in [4.69, 9.17) is 9.72 Å². The summed E-state index contributed by atoms with van der Waals surface area (Å²) in [5.41, 5.74) is 6.08. The third-order valence-electron chi connectivity index (χ3n) is 5.44. The molecule has 0 saturated heterocycles. The Balaban J connectivity index is 1.73. The van der Waals surface area contributed by atoms with E-state index < -0.39 is 0 Å². The first-order chi connectivity index (χ1) is 13.7. The fourth-order valence-electron chi connectivity index (χ4n) is 4.25. The Morgan fingerprint density at radius 3 is 2.57 bits per heavy atom. The monoisotopic (exact) mass is 368 g/mol. The predicted molar refractivity (Wildman–Crippen MR) is 116 cm³/mol. The van der Waals surface area contributed by atoms with E-state index in [-0.39, 0.29) is 6.10 Å². The third-order valence-corrected chi connectivity index (χ3v) is 5.44. The molecule has 1 aliphatic rings. The summed E-state index contributed by atoms with van der Waals surface area (Å²) >= 11 is 0. The molecule has 0 aliphatic carbocycles. The minimum Gasteiger partial charge on any atom is -0.491 e. The molecule has 1 aliphatic heterocycles. The van der Waals surface area contributed by atoms with Gasteiger partial charge in [-0.2, -0.15) is 0 Å². The first kappa shape index (κ1) is 17.2. The van der Waals surface area contributed by atoms with Crippen molar-refractivity contribution in [1.82, 2.24) is 10.3 Å². The summed E-state index contributed by atoms with van der Waals surface area (Å²) in [5, 5.41) is 7.44. The van der Waals surface area contributed by atoms with Gasteiger partial charge in [0.1, 0.15) is 5.75 Å². The Kier molecular flexibility index (Phi) is 4.25. The summed E-state index contributed by atoms with van der Waals surface area (Å²) in [6.45, 7) is 5.97. The minimum absolute atomic E-state index is 0.176. The van der Waals surface area contributed by atoms with Crippen LogP contribution in [-0.4, -0.2) is 17.6 Å². The molecule has 5 rings (SSSR count). The van der Waals surface area contributed by atoms with Crippen LogP contribution < -0.4 is 10.1 Å². The highest BCUT2D eigenvalue weighted by molar-refractivity contribution is 6.09. The smallest absolute Gasteiger partial charge is 0.119 e. The average molecular weight is 368 g/mol. The largest absolute Gasteiger partial charge is 0.491 e. The van der Waals surface area contributed by atoms with Gasteiger partial charge in [0.15, 0.2) is 0 Å². The molecule has 0 amide bonds. The van der Waals surface area contributed by atoms with Crippen LogP contribution in [0.4, 0.5) is 0 Å². The summed E-state index contributed by atoms with van der Waals surface area (Å²) in [6.07, 6.45) is 1.21. The quantitative estimate of drug-likeness (QED) is 0.486. The molecule has 0 fully saturated rings. The number of pyridine rings is 1. The second-order valence-corrected chi connectivity index (χ2v) is 7.72. The molecule has 4 aromatic rings. The molecular formula is C25H24N2O. The number of rotatable bonds is 3. The van der Waals surface area contributed by atoms with E-state index in [0.717, 1.165) is 42.0 Å². The van der Waals surface area contributed by atoms with Crippen molar-refractivity contribution in [3.8, 4) is 17.0 Å². The molecule has 0 unspecified atom stereocenters. The van der Waals surface area contributed by atoms with E-state index in [1.807, 2.05) is 26.0 Å². The Hall–Kier alpha value is -2.91. The number of nitrogens with zero attached hydrogens (tertiary/aromatic N) is 1. The Bertz CT molecular complexity index is 1160. The van der Waals surface area contributed by atoms with E-state index in [9.17, 15) is 0 Å². The van der Waals surface area contributed by atoms with Gasteiger partial charge in [0, 0.05) is 17.5 Å². The van der Waals surface area contributed by atoms with E-state index in [1.165, 1.54) is 27.3 Å². The maximum atomic E-state index is 5.80. The van der Waals surface area contributed by atoms with E-state index in [1.54, 1.807) is 0 Å². The fraction of sp³-hybridized carbons (Fsp3) is 0.240. The molecule has 1 aromatic heterocycles. The number of hydrogen-bond acceptors (Lipinski definition) is 3. The van der Waals surface area contributed by atoms with Gasteiger partial charge < -0.3 is 10.1 Å². The SMILES string of the molecule is CC(C)Oc1ccc(-c2nc3ccc4ccccc4c3c3c2CNCC3)cc1. The van der Waals surface area contributed by atoms with Crippen LogP contribution >= 0.6 is 0 Å². The molecule has 3 heteroatoms. The van der Waals surface area contributed by atoms with Crippen molar-refractivity contribution in [3.05, 3.63) is 71.8 Å². The van der Waals surface area contributed by atoms with Crippen LogP contribution in [0.15, 0.2) is 60.7 Å². The Morgan fingerprint density at radius 2 is 1.75 bits per heavy atom. The van der Waals surface area contributed by atoms with Crippen molar-refractivity contribution in [2.45, 2.75) is 32.9 Å². The zero-order chi connectivity index (χ0) is 19.1. The van der Waals surface area contributed by atoms with Crippen LogP contribution in [0.2, 0.25) is 0 Å². The molecule has 140 valence electrons. The average Bonchev–Trinajstić information content (AvgIpc) is 2.73. The maximum absolute atomic E-state index is 5.80. The molecular weight excluding hydrogens is 344 g/mol. The van der Waals surface area contributed by atoms with Gasteiger partial charge in [-0.1, -0.05) is 30.3 Å². The second-order valence-electron chi connectivity index (χ2n) is 7.72. The number of ether oxygens (including phenoxy) is 1. The zero-order valence-corrected chi connectivity index (χ0v) is 16.3. The standard InChI is InChI=1S/C25H24N2O/c1-16(2)28-19-10-7-18(8-11-19)25-22-15-26-14-13-21(22)24-20-6-4-3-5-17(20)9-12-23(24)27-25/h3-12,16,26H,13-15H2,1-2H3. The van der Waals surface area contributed by atoms with Crippen molar-refractivity contribution in [2.75, 3.05) is 6.54 Å². The number of nitrogens with one attached hydrogen (secondary N) is 1. The summed E-state index contributed by atoms with van der Waals surface area (Å²) in [6, 6.07) is 21.3. The van der Waals surface area contributed by atoms with Gasteiger partial charge in [-0.3, -0.25) is 0 Å². The molecule has 28 heavy (non-hydrogen) atoms. The number of aromatic nitrogens is 1. The van der Waals surface area contributed by atoms with Gasteiger partial charge in [-0.25, -0.2) is 4.98 Å². The lowest BCUT2D eigenvalue weighted by atomic mass is 9.90. The molecule has 0 bridgehead atoms. The first-order valence-corrected chi connectivity index (χ1v) is 10.0. The fourth-order valence-corrected chi connectivity index (χ4v) is 4.25. The van der Waals surface area contributed by atoms with Gasteiger partial charge in [0.05, 0.1) is 17.3 Å². The van der Waals surface area contributed by atoms with Crippen molar-refractivity contribution in [2.24, 2.45) is 0 Å². The van der Waals surface area contributed by atoms with Gasteiger partial charge >= 0.3 is 0 Å². The lowest BCUT2D eigenvalue weighted by molar-refractivity contribution is 0.242. The predicted octanol–water partition coefficient (Wildman–Crippen LogP) is 5.49. The highest BCUT2D eigenvalue weighted by Gasteiger charge is 2.20. The van der Waals surface area contributed by atoms with Gasteiger partial charge in [-0.05, 0) is 79.0 Å². The van der Waals surface area contributed by atoms with Crippen LogP contribution in [-0.2, 0) is 13.0 Å². The lowest BCUT2D eigenvalue weighted by Gasteiger charge is -2.23. The summed E-state index contributed by atoms with van der Waals surface area (Å²) in [5.74, 6) is 0.900. The van der Waals surface area contributed by atoms with Crippen LogP contribution in [0.3, 0.4) is 0 Å². The summed E-state index contributed by atoms with van der Waals surface area (Å²) in [7, 11) is 0. The second kappa shape index (κ2) is 6.92. The Morgan fingerprint density at radius 1 is 0.929 bits per heavy atom. The van der Waals surface area contributed by atoms with Crippen LogP contribution in [0, 0.1) is 0 Å². The number of hydrogen-bond donors (Lipinski definition) is 1. The number of benzene rings is 3. The topological polar surface area (TPSA) is 34.1 Å². The van der Waals surface area contributed by atoms with E-state index >= 15 is 0 Å². The summed E-state index contributed by atoms with van der Waals surface area (Å²) < 4.78 is 5.80. The normalized spacial score (nSPS) is 13.8. The van der Waals surface area contributed by atoms with Gasteiger partial charge in [-0.15, -0.1) is 0 Å². The van der Waals surface area contributed by atoms with Crippen molar-refractivity contribution in [3.63, 3.8) is 0 Å². The summed E-state index contributed by atoms with van der Waals surface area (Å²) in [4.78, 5) is 5.12. The molecule has 0 atom stereocenters. The third kappa shape index (κ3) is 2.92. The maximum Gasteiger partial charge on any atom is 0.119 e. The van der Waals surface area contributed by atoms with Crippen LogP contribution in [0.5, 0.6) is 5.75 Å². The molecule has 3 aromatic carbocycles. The first-order valence-electron chi connectivity index (χ1n) is 10.0. The molecule has 3 nitrogen and oxygen atoms in total. The molecule has 0 spiro atoms. The Labute approximate surface area is 165 Å². The minimum atomic E-state index is 0.176. The molecule has 0 radical (unpaired) electrons. The number of fused-ring (bicyclic) bond motifs is 5. The van der Waals surface area contributed by atoms with Crippen LogP contribution in [0.25, 0.3) is 32.9 Å². The van der Waals surface area contributed by atoms with Gasteiger partial charge in [0.2, 0.25) is 0 Å². The van der Waals surface area contributed by atoms with Crippen molar-refractivity contribution < 1.29 is 4.74 Å². The van der Waals surface area contributed by atoms with Gasteiger partial charge in [0.25, 0.3) is 0 Å². The van der Waals surface area contributed by atoms with Crippen LogP contribution in [0.1, 0.15) is 25.0 Å². The highest BCUT2D eigenvalue weighted by atomic mass is 16.5. The molecule has 1 N–H and O–H groups in total.